The van der Waals surface area contributed by atoms with Crippen molar-refractivity contribution in [1.82, 2.24) is 4.98 Å². The molecule has 26 heavy (non-hydrogen) atoms. The van der Waals surface area contributed by atoms with Crippen LogP contribution in [-0.2, 0) is 6.42 Å². The van der Waals surface area contributed by atoms with E-state index in [4.69, 9.17) is 5.73 Å². The van der Waals surface area contributed by atoms with Gasteiger partial charge in [0.25, 0.3) is 11.6 Å². The van der Waals surface area contributed by atoms with Crippen LogP contribution in [0.15, 0.2) is 48.7 Å². The number of halogens is 1. The highest BCUT2D eigenvalue weighted by atomic mass is 32.1. The van der Waals surface area contributed by atoms with Crippen LogP contribution in [0.4, 0.5) is 20.9 Å². The number of thiazole rings is 1. The number of rotatable bonds is 5. The maximum absolute atomic E-state index is 12.9. The van der Waals surface area contributed by atoms with Crippen LogP contribution in [0.2, 0.25) is 0 Å². The van der Waals surface area contributed by atoms with Crippen LogP contribution in [-0.4, -0.2) is 15.8 Å². The van der Waals surface area contributed by atoms with Gasteiger partial charge in [0.2, 0.25) is 0 Å². The van der Waals surface area contributed by atoms with Gasteiger partial charge in [-0.05, 0) is 29.8 Å². The molecule has 0 spiro atoms. The van der Waals surface area contributed by atoms with Crippen LogP contribution < -0.4 is 11.1 Å². The van der Waals surface area contributed by atoms with E-state index in [1.54, 1.807) is 18.3 Å². The zero-order chi connectivity index (χ0) is 18.7. The summed E-state index contributed by atoms with van der Waals surface area (Å²) in [5.41, 5.74) is 6.22. The lowest BCUT2D eigenvalue weighted by Gasteiger charge is -2.03. The summed E-state index contributed by atoms with van der Waals surface area (Å²) >= 11 is 1.27. The highest BCUT2D eigenvalue weighted by molar-refractivity contribution is 7.15. The zero-order valence-electron chi connectivity index (χ0n) is 13.3. The Morgan fingerprint density at radius 2 is 2.00 bits per heavy atom. The van der Waals surface area contributed by atoms with E-state index in [2.05, 4.69) is 10.3 Å². The van der Waals surface area contributed by atoms with Gasteiger partial charge in [0.15, 0.2) is 5.13 Å². The molecule has 3 aromatic rings. The van der Waals surface area contributed by atoms with Crippen LogP contribution in [0.3, 0.4) is 0 Å². The Balaban J connectivity index is 1.70. The summed E-state index contributed by atoms with van der Waals surface area (Å²) in [4.78, 5) is 27.5. The molecule has 0 aliphatic rings. The third kappa shape index (κ3) is 4.01. The van der Waals surface area contributed by atoms with Crippen molar-refractivity contribution in [2.24, 2.45) is 0 Å². The summed E-state index contributed by atoms with van der Waals surface area (Å²) < 4.78 is 12.9. The fraction of sp³-hybridized carbons (Fsp3) is 0.0588. The smallest absolute Gasteiger partial charge is 0.292 e. The van der Waals surface area contributed by atoms with Crippen molar-refractivity contribution in [1.29, 1.82) is 0 Å². The zero-order valence-corrected chi connectivity index (χ0v) is 14.1. The van der Waals surface area contributed by atoms with Crippen molar-refractivity contribution in [3.8, 4) is 0 Å². The molecule has 1 aromatic heterocycles. The number of nitrogens with zero attached hydrogens (tertiary/aromatic N) is 2. The second-order valence-electron chi connectivity index (χ2n) is 5.42. The highest BCUT2D eigenvalue weighted by Crippen LogP contribution is 2.25. The van der Waals surface area contributed by atoms with Crippen molar-refractivity contribution in [2.45, 2.75) is 6.42 Å². The van der Waals surface area contributed by atoms with Crippen molar-refractivity contribution in [2.75, 3.05) is 11.1 Å². The molecule has 0 aliphatic carbocycles. The van der Waals surface area contributed by atoms with Gasteiger partial charge in [0.05, 0.1) is 4.92 Å². The Morgan fingerprint density at radius 1 is 1.27 bits per heavy atom. The Labute approximate surface area is 151 Å². The SMILES string of the molecule is Nc1ccc(C(=O)Nc2ncc(Cc3ccc(F)cc3)s2)cc1[N+](=O)[O-]. The van der Waals surface area contributed by atoms with Crippen LogP contribution in [0.25, 0.3) is 0 Å². The number of hydrogen-bond donors (Lipinski definition) is 2. The average Bonchev–Trinajstić information content (AvgIpc) is 3.04. The average molecular weight is 372 g/mol. The molecule has 0 saturated carbocycles. The third-order valence-corrected chi connectivity index (χ3v) is 4.47. The number of carbonyl (C=O) groups is 1. The number of aromatic nitrogens is 1. The van der Waals surface area contributed by atoms with Crippen molar-refractivity contribution in [3.05, 3.63) is 80.6 Å². The van der Waals surface area contributed by atoms with E-state index in [-0.39, 0.29) is 22.8 Å². The number of nitrogens with one attached hydrogen (secondary N) is 1. The standard InChI is InChI=1S/C17H13FN4O3S/c18-12-4-1-10(2-5-12)7-13-9-20-17(26-13)21-16(23)11-3-6-14(19)15(8-11)22(24)25/h1-6,8-9H,7,19H2,(H,20,21,23). The van der Waals surface area contributed by atoms with E-state index in [0.29, 0.717) is 11.6 Å². The van der Waals surface area contributed by atoms with E-state index in [1.165, 1.54) is 35.6 Å². The molecule has 0 bridgehead atoms. The molecule has 0 saturated heterocycles. The first-order valence-corrected chi connectivity index (χ1v) is 8.28. The maximum atomic E-state index is 12.9. The molecule has 0 fully saturated rings. The molecule has 9 heteroatoms. The number of nitro groups is 1. The lowest BCUT2D eigenvalue weighted by atomic mass is 10.1. The number of anilines is 2. The Kier molecular flexibility index (Phi) is 4.90. The first-order chi connectivity index (χ1) is 12.4. The molecule has 1 amide bonds. The number of hydrogen-bond acceptors (Lipinski definition) is 6. The minimum absolute atomic E-state index is 0.0117. The molecule has 3 N–H and O–H groups in total. The number of nitrogens with two attached hydrogens (primary N) is 1. The summed E-state index contributed by atoms with van der Waals surface area (Å²) in [5, 5.41) is 13.9. The van der Waals surface area contributed by atoms with Gasteiger partial charge in [-0.2, -0.15) is 0 Å². The van der Waals surface area contributed by atoms with Gasteiger partial charge in [-0.1, -0.05) is 12.1 Å². The topological polar surface area (TPSA) is 111 Å². The monoisotopic (exact) mass is 372 g/mol. The molecule has 2 aromatic carbocycles. The minimum atomic E-state index is -0.643. The first-order valence-electron chi connectivity index (χ1n) is 7.47. The third-order valence-electron chi connectivity index (χ3n) is 3.55. The summed E-state index contributed by atoms with van der Waals surface area (Å²) in [5.74, 6) is -0.820. The largest absolute Gasteiger partial charge is 0.393 e. The van der Waals surface area contributed by atoms with E-state index in [1.807, 2.05) is 0 Å². The second-order valence-corrected chi connectivity index (χ2v) is 6.53. The molecule has 7 nitrogen and oxygen atoms in total. The number of carbonyl (C=O) groups excluding carboxylic acids is 1. The van der Waals surface area contributed by atoms with Gasteiger partial charge < -0.3 is 5.73 Å². The Morgan fingerprint density at radius 3 is 2.69 bits per heavy atom. The fourth-order valence-corrected chi connectivity index (χ4v) is 3.10. The van der Waals surface area contributed by atoms with E-state index in [9.17, 15) is 19.3 Å². The van der Waals surface area contributed by atoms with Crippen molar-refractivity contribution < 1.29 is 14.1 Å². The van der Waals surface area contributed by atoms with E-state index in [0.717, 1.165) is 16.5 Å². The Hall–Kier alpha value is -3.33. The van der Waals surface area contributed by atoms with Gasteiger partial charge >= 0.3 is 0 Å². The van der Waals surface area contributed by atoms with Crippen LogP contribution in [0.5, 0.6) is 0 Å². The molecular formula is C17H13FN4O3S. The molecule has 0 atom stereocenters. The molecule has 132 valence electrons. The van der Waals surface area contributed by atoms with Crippen molar-refractivity contribution in [3.63, 3.8) is 0 Å². The minimum Gasteiger partial charge on any atom is -0.393 e. The van der Waals surface area contributed by atoms with Crippen LogP contribution in [0, 0.1) is 15.9 Å². The molecule has 1 heterocycles. The summed E-state index contributed by atoms with van der Waals surface area (Å²) in [6.45, 7) is 0. The first kappa shape index (κ1) is 17.5. The number of nitrogen functional groups attached to an aromatic ring is 1. The summed E-state index contributed by atoms with van der Waals surface area (Å²) in [6, 6.07) is 9.97. The van der Waals surface area contributed by atoms with Crippen LogP contribution >= 0.6 is 11.3 Å². The lowest BCUT2D eigenvalue weighted by molar-refractivity contribution is -0.383. The molecule has 0 radical (unpaired) electrons. The predicted molar refractivity (Wildman–Crippen MR) is 96.8 cm³/mol. The quantitative estimate of drug-likeness (QED) is 0.404. The highest BCUT2D eigenvalue weighted by Gasteiger charge is 2.16. The van der Waals surface area contributed by atoms with Gasteiger partial charge in [0, 0.05) is 29.1 Å². The Bertz CT molecular complexity index is 972. The van der Waals surface area contributed by atoms with Gasteiger partial charge in [-0.25, -0.2) is 9.37 Å². The number of nitro benzene ring substituents is 1. The normalized spacial score (nSPS) is 10.5. The predicted octanol–water partition coefficient (Wildman–Crippen LogP) is 3.62. The molecule has 0 unspecified atom stereocenters. The lowest BCUT2D eigenvalue weighted by Crippen LogP contribution is -2.12. The van der Waals surface area contributed by atoms with Crippen LogP contribution in [0.1, 0.15) is 20.8 Å². The van der Waals surface area contributed by atoms with E-state index < -0.39 is 10.8 Å². The van der Waals surface area contributed by atoms with Gasteiger partial charge in [-0.15, -0.1) is 11.3 Å². The van der Waals surface area contributed by atoms with Crippen molar-refractivity contribution >= 4 is 33.8 Å². The van der Waals surface area contributed by atoms with E-state index >= 15 is 0 Å². The molecular weight excluding hydrogens is 359 g/mol. The fourth-order valence-electron chi connectivity index (χ4n) is 2.26. The van der Waals surface area contributed by atoms with Gasteiger partial charge in [0.1, 0.15) is 11.5 Å². The second kappa shape index (κ2) is 7.28. The summed E-state index contributed by atoms with van der Waals surface area (Å²) in [6.07, 6.45) is 2.18. The summed E-state index contributed by atoms with van der Waals surface area (Å²) in [7, 11) is 0. The molecule has 0 aliphatic heterocycles. The van der Waals surface area contributed by atoms with Gasteiger partial charge in [-0.3, -0.25) is 20.2 Å². The number of amides is 1. The molecule has 3 rings (SSSR count). The maximum Gasteiger partial charge on any atom is 0.292 e. The number of benzene rings is 2.